The lowest BCUT2D eigenvalue weighted by atomic mass is 10.1. The second-order valence-corrected chi connectivity index (χ2v) is 14.0. The Morgan fingerprint density at radius 1 is 0.956 bits per heavy atom. The van der Waals surface area contributed by atoms with Gasteiger partial charge in [0.25, 0.3) is 11.8 Å². The number of rotatable bonds is 11. The van der Waals surface area contributed by atoms with Crippen LogP contribution in [0.25, 0.3) is 10.4 Å². The Hall–Kier alpha value is -3.98. The van der Waals surface area contributed by atoms with Gasteiger partial charge in [-0.05, 0) is 66.6 Å². The molecule has 0 radical (unpaired) electrons. The first kappa shape index (κ1) is 32.4. The van der Waals surface area contributed by atoms with Crippen LogP contribution in [0.5, 0.6) is 5.75 Å². The van der Waals surface area contributed by atoms with E-state index in [4.69, 9.17) is 27.6 Å². The van der Waals surface area contributed by atoms with Gasteiger partial charge in [0.2, 0.25) is 10.0 Å². The van der Waals surface area contributed by atoms with E-state index in [1.54, 1.807) is 54.8 Å². The zero-order valence-electron chi connectivity index (χ0n) is 23.3. The molecular formula is C30H24Cl2N4O6S3. The van der Waals surface area contributed by atoms with Gasteiger partial charge in [-0.15, -0.1) is 22.7 Å². The van der Waals surface area contributed by atoms with Gasteiger partial charge in [0.1, 0.15) is 11.5 Å². The number of furan rings is 1. The molecule has 0 saturated carbocycles. The van der Waals surface area contributed by atoms with Crippen molar-refractivity contribution in [2.45, 2.75) is 24.9 Å². The first-order chi connectivity index (χ1) is 21.5. The molecule has 3 heterocycles. The molecule has 2 aromatic carbocycles. The molecule has 5 rings (SSSR count). The van der Waals surface area contributed by atoms with Crippen molar-refractivity contribution in [3.8, 4) is 16.2 Å². The molecular weight excluding hydrogens is 679 g/mol. The van der Waals surface area contributed by atoms with Gasteiger partial charge in [0.05, 0.1) is 53.7 Å². The summed E-state index contributed by atoms with van der Waals surface area (Å²) in [6, 6.07) is 17.5. The molecule has 0 aliphatic heterocycles. The van der Waals surface area contributed by atoms with Crippen LogP contribution in [-0.4, -0.2) is 31.1 Å². The van der Waals surface area contributed by atoms with Crippen LogP contribution in [-0.2, 0) is 23.1 Å². The monoisotopic (exact) mass is 702 g/mol. The lowest BCUT2D eigenvalue weighted by molar-refractivity contribution is 0.0950. The highest BCUT2D eigenvalue weighted by molar-refractivity contribution is 7.89. The number of hydrazone groups is 1. The Labute approximate surface area is 276 Å². The maximum atomic E-state index is 12.7. The molecule has 0 aliphatic carbocycles. The Balaban J connectivity index is 1.14. The van der Waals surface area contributed by atoms with Gasteiger partial charge in [-0.25, -0.2) is 18.6 Å². The summed E-state index contributed by atoms with van der Waals surface area (Å²) in [5.74, 6) is -0.421. The predicted molar refractivity (Wildman–Crippen MR) is 176 cm³/mol. The molecule has 4 N–H and O–H groups in total. The van der Waals surface area contributed by atoms with Crippen LogP contribution in [0.2, 0.25) is 10.0 Å². The molecule has 0 saturated heterocycles. The number of amides is 2. The van der Waals surface area contributed by atoms with Crippen molar-refractivity contribution in [3.05, 3.63) is 115 Å². The Morgan fingerprint density at radius 2 is 1.69 bits per heavy atom. The van der Waals surface area contributed by atoms with Crippen LogP contribution in [0.3, 0.4) is 0 Å². The van der Waals surface area contributed by atoms with Gasteiger partial charge >= 0.3 is 0 Å². The van der Waals surface area contributed by atoms with Crippen molar-refractivity contribution < 1.29 is 27.5 Å². The molecule has 5 aromatic rings. The fourth-order valence-electron chi connectivity index (χ4n) is 4.00. The summed E-state index contributed by atoms with van der Waals surface area (Å²) in [7, 11) is -3.74. The highest BCUT2D eigenvalue weighted by Crippen LogP contribution is 2.40. The fraction of sp³-hybridized carbons (Fsp3) is 0.100. The lowest BCUT2D eigenvalue weighted by Crippen LogP contribution is -2.23. The second kappa shape index (κ2) is 14.0. The fourth-order valence-corrected chi connectivity index (χ4v) is 7.11. The standard InChI is InChI=1S/C30H24Cl2N4O6S3/c1-17(22-16-43-28(27(22)37)19-6-9-23(31)24(32)13-19)35-36-30(39)26-11-10-25(44-26)29(38)33-14-18-4-7-21(8-5-18)45(40,41)34-15-20-3-2-12-42-20/h2-13,16,34,37H,14-15H2,1H3,(H,33,38)(H,36,39)/b35-17+. The third kappa shape index (κ3) is 7.82. The van der Waals surface area contributed by atoms with Crippen molar-refractivity contribution in [3.63, 3.8) is 0 Å². The molecule has 45 heavy (non-hydrogen) atoms. The summed E-state index contributed by atoms with van der Waals surface area (Å²) in [6.07, 6.45) is 1.46. The lowest BCUT2D eigenvalue weighted by Gasteiger charge is -2.07. The van der Waals surface area contributed by atoms with Gasteiger partial charge < -0.3 is 14.8 Å². The van der Waals surface area contributed by atoms with Crippen LogP contribution < -0.4 is 15.5 Å². The summed E-state index contributed by atoms with van der Waals surface area (Å²) in [6.45, 7) is 1.82. The number of thiophene rings is 2. The quantitative estimate of drug-likeness (QED) is 0.0895. The molecule has 2 amide bonds. The van der Waals surface area contributed by atoms with E-state index in [1.165, 1.54) is 41.9 Å². The molecule has 0 unspecified atom stereocenters. The number of carbonyl (C=O) groups is 2. The zero-order chi connectivity index (χ0) is 32.1. The normalized spacial score (nSPS) is 11.8. The molecule has 0 aliphatic rings. The Morgan fingerprint density at radius 3 is 2.38 bits per heavy atom. The topological polar surface area (TPSA) is 150 Å². The van der Waals surface area contributed by atoms with Crippen molar-refractivity contribution >= 4 is 73.4 Å². The highest BCUT2D eigenvalue weighted by Gasteiger charge is 2.18. The predicted octanol–water partition coefficient (Wildman–Crippen LogP) is 6.64. The van der Waals surface area contributed by atoms with Crippen LogP contribution in [0.1, 0.15) is 43.2 Å². The largest absolute Gasteiger partial charge is 0.506 e. The first-order valence-electron chi connectivity index (χ1n) is 13.1. The average molecular weight is 704 g/mol. The van der Waals surface area contributed by atoms with Gasteiger partial charge in [-0.2, -0.15) is 5.10 Å². The van der Waals surface area contributed by atoms with E-state index in [0.29, 0.717) is 48.0 Å². The summed E-state index contributed by atoms with van der Waals surface area (Å²) >= 11 is 14.4. The molecule has 0 spiro atoms. The molecule has 0 fully saturated rings. The van der Waals surface area contributed by atoms with E-state index in [9.17, 15) is 23.1 Å². The van der Waals surface area contributed by atoms with Crippen molar-refractivity contribution in [2.24, 2.45) is 5.10 Å². The number of benzene rings is 2. The van der Waals surface area contributed by atoms with Gasteiger partial charge in [-0.1, -0.05) is 41.4 Å². The molecule has 0 atom stereocenters. The molecule has 3 aromatic heterocycles. The molecule has 232 valence electrons. The summed E-state index contributed by atoms with van der Waals surface area (Å²) in [4.78, 5) is 26.7. The SMILES string of the molecule is C/C(=N\NC(=O)c1ccc(C(=O)NCc2ccc(S(=O)(=O)NCc3ccco3)cc2)s1)c1csc(-c2ccc(Cl)c(Cl)c2)c1O. The van der Waals surface area contributed by atoms with Crippen molar-refractivity contribution in [1.29, 1.82) is 0 Å². The van der Waals surface area contributed by atoms with E-state index >= 15 is 0 Å². The Kier molecular flexibility index (Phi) is 10.1. The van der Waals surface area contributed by atoms with E-state index in [0.717, 1.165) is 11.3 Å². The van der Waals surface area contributed by atoms with Crippen LogP contribution >= 0.6 is 45.9 Å². The van der Waals surface area contributed by atoms with Gasteiger partial charge in [0, 0.05) is 11.9 Å². The van der Waals surface area contributed by atoms with E-state index in [-0.39, 0.29) is 28.6 Å². The minimum Gasteiger partial charge on any atom is -0.506 e. The average Bonchev–Trinajstić information content (AvgIpc) is 3.81. The smallest absolute Gasteiger partial charge is 0.281 e. The zero-order valence-corrected chi connectivity index (χ0v) is 27.3. The first-order valence-corrected chi connectivity index (χ1v) is 17.1. The number of halogens is 2. The summed E-state index contributed by atoms with van der Waals surface area (Å²) < 4.78 is 32.6. The third-order valence-electron chi connectivity index (χ3n) is 6.42. The highest BCUT2D eigenvalue weighted by atomic mass is 35.5. The van der Waals surface area contributed by atoms with Crippen molar-refractivity contribution in [1.82, 2.24) is 15.5 Å². The number of nitrogens with one attached hydrogen (secondary N) is 3. The van der Waals surface area contributed by atoms with Crippen LogP contribution in [0, 0.1) is 0 Å². The van der Waals surface area contributed by atoms with Crippen molar-refractivity contribution in [2.75, 3.05) is 0 Å². The third-order valence-corrected chi connectivity index (χ3v) is 10.7. The summed E-state index contributed by atoms with van der Waals surface area (Å²) in [5, 5.41) is 20.1. The molecule has 15 heteroatoms. The maximum absolute atomic E-state index is 12.7. The van der Waals surface area contributed by atoms with Crippen LogP contribution in [0.4, 0.5) is 0 Å². The second-order valence-electron chi connectivity index (χ2n) is 9.49. The Bertz CT molecular complexity index is 1990. The number of carbonyl (C=O) groups excluding carboxylic acids is 2. The van der Waals surface area contributed by atoms with Gasteiger partial charge in [-0.3, -0.25) is 9.59 Å². The minimum absolute atomic E-state index is 0.00182. The molecule has 0 bridgehead atoms. The number of aromatic hydroxyl groups is 1. The maximum Gasteiger partial charge on any atom is 0.281 e. The van der Waals surface area contributed by atoms with Gasteiger partial charge in [0.15, 0.2) is 0 Å². The number of sulfonamides is 1. The molecule has 10 nitrogen and oxygen atoms in total. The van der Waals surface area contributed by atoms with Crippen LogP contribution in [0.15, 0.2) is 92.8 Å². The van der Waals surface area contributed by atoms with E-state index in [1.807, 2.05) is 0 Å². The minimum atomic E-state index is -3.74. The number of hydrogen-bond acceptors (Lipinski definition) is 9. The van der Waals surface area contributed by atoms with E-state index < -0.39 is 21.8 Å². The number of hydrogen-bond donors (Lipinski definition) is 4. The number of nitrogens with zero attached hydrogens (tertiary/aromatic N) is 1. The van der Waals surface area contributed by atoms with E-state index in [2.05, 4.69) is 20.6 Å². The summed E-state index contributed by atoms with van der Waals surface area (Å²) in [5.41, 5.74) is 4.66.